The number of ether oxygens (including phenoxy) is 1. The average molecular weight is 476 g/mol. The zero-order chi connectivity index (χ0) is 24.2. The maximum absolute atomic E-state index is 13.1. The van der Waals surface area contributed by atoms with Gasteiger partial charge < -0.3 is 14.5 Å². The van der Waals surface area contributed by atoms with Crippen molar-refractivity contribution >= 4 is 27.6 Å². The fraction of sp³-hybridized carbons (Fsp3) is 0.522. The van der Waals surface area contributed by atoms with E-state index in [-0.39, 0.29) is 16.1 Å². The molecule has 1 unspecified atom stereocenters. The number of sulfonamides is 1. The number of pyridine rings is 2. The minimum absolute atomic E-state index is 0.190. The van der Waals surface area contributed by atoms with Crippen molar-refractivity contribution in [2.24, 2.45) is 5.92 Å². The molecule has 33 heavy (non-hydrogen) atoms. The number of amides is 1. The summed E-state index contributed by atoms with van der Waals surface area (Å²) >= 11 is 0. The van der Waals surface area contributed by atoms with E-state index in [0.29, 0.717) is 30.7 Å². The van der Waals surface area contributed by atoms with Crippen LogP contribution >= 0.6 is 0 Å². The normalized spacial score (nSPS) is 17.7. The molecule has 9 nitrogen and oxygen atoms in total. The van der Waals surface area contributed by atoms with Gasteiger partial charge in [0.25, 0.3) is 15.9 Å². The van der Waals surface area contributed by atoms with Crippen molar-refractivity contribution in [2.45, 2.75) is 44.2 Å². The van der Waals surface area contributed by atoms with Crippen molar-refractivity contribution in [3.05, 3.63) is 42.1 Å². The van der Waals surface area contributed by atoms with Gasteiger partial charge in [0.15, 0.2) is 5.03 Å². The van der Waals surface area contributed by atoms with Gasteiger partial charge in [0.2, 0.25) is 0 Å². The monoisotopic (exact) mass is 475 g/mol. The van der Waals surface area contributed by atoms with Crippen molar-refractivity contribution < 1.29 is 17.9 Å². The first-order valence-corrected chi connectivity index (χ1v) is 12.5. The highest BCUT2D eigenvalue weighted by Gasteiger charge is 2.39. The number of aromatic nitrogens is 2. The summed E-state index contributed by atoms with van der Waals surface area (Å²) in [6.07, 6.45) is 3.35. The fourth-order valence-corrected chi connectivity index (χ4v) is 5.23. The van der Waals surface area contributed by atoms with Crippen LogP contribution in [0.3, 0.4) is 0 Å². The maximum atomic E-state index is 13.1. The largest absolute Gasteiger partial charge is 0.385 e. The first-order chi connectivity index (χ1) is 15.5. The third-order valence-corrected chi connectivity index (χ3v) is 7.04. The molecular weight excluding hydrogens is 442 g/mol. The number of nitrogens with one attached hydrogen (secondary N) is 1. The van der Waals surface area contributed by atoms with E-state index in [9.17, 15) is 13.2 Å². The third-order valence-electron chi connectivity index (χ3n) is 5.80. The molecule has 1 saturated heterocycles. The molecule has 3 heterocycles. The summed E-state index contributed by atoms with van der Waals surface area (Å²) in [5.41, 5.74) is 0.0291. The summed E-state index contributed by atoms with van der Waals surface area (Å²) in [6.45, 7) is 8.35. The van der Waals surface area contributed by atoms with Crippen molar-refractivity contribution in [1.29, 1.82) is 0 Å². The van der Waals surface area contributed by atoms with E-state index in [0.717, 1.165) is 19.4 Å². The predicted octanol–water partition coefficient (Wildman–Crippen LogP) is 2.69. The molecule has 3 rings (SSSR count). The molecule has 1 N–H and O–H groups in total. The van der Waals surface area contributed by atoms with Crippen LogP contribution in [-0.2, 0) is 14.8 Å². The first kappa shape index (κ1) is 24.9. The van der Waals surface area contributed by atoms with Gasteiger partial charge in [-0.25, -0.2) is 14.7 Å². The van der Waals surface area contributed by atoms with E-state index in [1.54, 1.807) is 37.6 Å². The van der Waals surface area contributed by atoms with Crippen molar-refractivity contribution in [2.75, 3.05) is 43.7 Å². The van der Waals surface area contributed by atoms with E-state index >= 15 is 0 Å². The molecule has 0 radical (unpaired) electrons. The summed E-state index contributed by atoms with van der Waals surface area (Å²) in [5.74, 6) is 0.694. The molecule has 0 spiro atoms. The summed E-state index contributed by atoms with van der Waals surface area (Å²) in [5, 5.41) is -0.215. The van der Waals surface area contributed by atoms with Gasteiger partial charge in [-0.2, -0.15) is 8.42 Å². The molecule has 0 saturated carbocycles. The highest BCUT2D eigenvalue weighted by Crippen LogP contribution is 2.37. The Balaban J connectivity index is 1.82. The highest BCUT2D eigenvalue weighted by molar-refractivity contribution is 7.90. The maximum Gasteiger partial charge on any atom is 0.281 e. The second-order valence-corrected chi connectivity index (χ2v) is 10.8. The second-order valence-electron chi connectivity index (χ2n) is 9.14. The lowest BCUT2D eigenvalue weighted by Crippen LogP contribution is -2.41. The molecule has 1 fully saturated rings. The van der Waals surface area contributed by atoms with Crippen LogP contribution in [0.15, 0.2) is 41.6 Å². The Morgan fingerprint density at radius 1 is 1.30 bits per heavy atom. The van der Waals surface area contributed by atoms with Crippen LogP contribution in [0.5, 0.6) is 0 Å². The van der Waals surface area contributed by atoms with E-state index in [2.05, 4.69) is 40.4 Å². The second kappa shape index (κ2) is 10.0. The standard InChI is InChI=1S/C23H33N5O4S/c1-17-15-23(2,3)28(16-17)21-18(9-7-12-24-21)22(29)26-33(30,31)20-11-6-10-19(25-20)27(4)13-8-14-32-5/h6-7,9-12,17H,8,13-16H2,1-5H3,(H,26,29). The summed E-state index contributed by atoms with van der Waals surface area (Å²) in [7, 11) is -0.718. The number of hydrogen-bond acceptors (Lipinski definition) is 8. The van der Waals surface area contributed by atoms with Crippen LogP contribution in [0.4, 0.5) is 11.6 Å². The van der Waals surface area contributed by atoms with Gasteiger partial charge in [-0.15, -0.1) is 0 Å². The Hall–Kier alpha value is -2.72. The van der Waals surface area contributed by atoms with E-state index in [1.807, 2.05) is 11.9 Å². The van der Waals surface area contributed by atoms with Crippen molar-refractivity contribution in [3.8, 4) is 0 Å². The molecule has 1 atom stereocenters. The van der Waals surface area contributed by atoms with E-state index < -0.39 is 15.9 Å². The fourth-order valence-electron chi connectivity index (χ4n) is 4.30. The highest BCUT2D eigenvalue weighted by atomic mass is 32.2. The molecule has 0 aromatic carbocycles. The molecule has 0 aliphatic carbocycles. The molecule has 1 aliphatic heterocycles. The van der Waals surface area contributed by atoms with Crippen molar-refractivity contribution in [3.63, 3.8) is 0 Å². The number of methoxy groups -OCH3 is 1. The quantitative estimate of drug-likeness (QED) is 0.552. The number of nitrogens with zero attached hydrogens (tertiary/aromatic N) is 4. The Morgan fingerprint density at radius 2 is 2.06 bits per heavy atom. The molecule has 10 heteroatoms. The van der Waals surface area contributed by atoms with Crippen LogP contribution in [0.2, 0.25) is 0 Å². The Morgan fingerprint density at radius 3 is 2.73 bits per heavy atom. The topological polar surface area (TPSA) is 105 Å². The summed E-state index contributed by atoms with van der Waals surface area (Å²) in [6, 6.07) is 7.93. The number of carbonyl (C=O) groups is 1. The molecular formula is C23H33N5O4S. The van der Waals surface area contributed by atoms with Crippen LogP contribution in [-0.4, -0.2) is 63.7 Å². The van der Waals surface area contributed by atoms with Gasteiger partial charge in [0.1, 0.15) is 11.6 Å². The number of hydrogen-bond donors (Lipinski definition) is 1. The molecule has 1 amide bonds. The lowest BCUT2D eigenvalue weighted by Gasteiger charge is -2.33. The lowest BCUT2D eigenvalue weighted by atomic mass is 9.97. The van der Waals surface area contributed by atoms with E-state index in [4.69, 9.17) is 4.74 Å². The van der Waals surface area contributed by atoms with Crippen LogP contribution in [0.25, 0.3) is 0 Å². The summed E-state index contributed by atoms with van der Waals surface area (Å²) in [4.78, 5) is 25.7. The lowest BCUT2D eigenvalue weighted by molar-refractivity contribution is 0.0981. The molecule has 2 aromatic heterocycles. The smallest absolute Gasteiger partial charge is 0.281 e. The Labute approximate surface area is 196 Å². The third kappa shape index (κ3) is 5.80. The zero-order valence-corrected chi connectivity index (χ0v) is 20.7. The Kier molecular flexibility index (Phi) is 7.58. The van der Waals surface area contributed by atoms with Gasteiger partial charge in [-0.05, 0) is 56.9 Å². The molecule has 1 aliphatic rings. The van der Waals surface area contributed by atoms with E-state index in [1.165, 1.54) is 6.07 Å². The number of carbonyl (C=O) groups excluding carboxylic acids is 1. The van der Waals surface area contributed by atoms with Gasteiger partial charge >= 0.3 is 0 Å². The number of anilines is 2. The molecule has 2 aromatic rings. The minimum Gasteiger partial charge on any atom is -0.385 e. The van der Waals surface area contributed by atoms with Crippen LogP contribution in [0, 0.1) is 5.92 Å². The first-order valence-electron chi connectivity index (χ1n) is 11.0. The summed E-state index contributed by atoms with van der Waals surface area (Å²) < 4.78 is 33.2. The van der Waals surface area contributed by atoms with Crippen LogP contribution < -0.4 is 14.5 Å². The predicted molar refractivity (Wildman–Crippen MR) is 128 cm³/mol. The zero-order valence-electron chi connectivity index (χ0n) is 19.9. The molecule has 180 valence electrons. The SMILES string of the molecule is COCCCN(C)c1cccc(S(=O)(=O)NC(=O)c2cccnc2N2CC(C)CC2(C)C)n1. The molecule has 0 bridgehead atoms. The van der Waals surface area contributed by atoms with Gasteiger partial charge in [-0.1, -0.05) is 13.0 Å². The van der Waals surface area contributed by atoms with Crippen LogP contribution in [0.1, 0.15) is 44.0 Å². The number of rotatable bonds is 9. The van der Waals surface area contributed by atoms with Crippen molar-refractivity contribution in [1.82, 2.24) is 14.7 Å². The van der Waals surface area contributed by atoms with Gasteiger partial charge in [-0.3, -0.25) is 4.79 Å². The van der Waals surface area contributed by atoms with Gasteiger partial charge in [0.05, 0.1) is 5.56 Å². The average Bonchev–Trinajstić information content (AvgIpc) is 3.05. The Bertz CT molecular complexity index is 1090. The van der Waals surface area contributed by atoms with Gasteiger partial charge in [0, 0.05) is 45.6 Å². The minimum atomic E-state index is -4.18.